The highest BCUT2D eigenvalue weighted by Crippen LogP contribution is 2.33. The Labute approximate surface area is 203 Å². The molecule has 1 atom stereocenters. The molecule has 7 heteroatoms. The third kappa shape index (κ3) is 4.54. The van der Waals surface area contributed by atoms with Gasteiger partial charge in [-0.2, -0.15) is 5.26 Å². The maximum Gasteiger partial charge on any atom is 0.229 e. The van der Waals surface area contributed by atoms with Gasteiger partial charge in [-0.15, -0.1) is 0 Å². The molecule has 0 bridgehead atoms. The summed E-state index contributed by atoms with van der Waals surface area (Å²) in [4.78, 5) is 17.0. The van der Waals surface area contributed by atoms with Gasteiger partial charge >= 0.3 is 0 Å². The average molecular weight is 470 g/mol. The summed E-state index contributed by atoms with van der Waals surface area (Å²) in [5, 5.41) is 17.2. The predicted octanol–water partition coefficient (Wildman–Crippen LogP) is 5.21. The van der Waals surface area contributed by atoms with E-state index in [-0.39, 0.29) is 11.8 Å². The van der Waals surface area contributed by atoms with Gasteiger partial charge in [0, 0.05) is 36.4 Å². The second-order valence-electron chi connectivity index (χ2n) is 8.58. The maximum atomic E-state index is 12.7. The van der Waals surface area contributed by atoms with Crippen molar-refractivity contribution in [2.24, 2.45) is 5.92 Å². The van der Waals surface area contributed by atoms with Crippen molar-refractivity contribution in [3.05, 3.63) is 83.1 Å². The normalized spacial score (nSPS) is 15.7. The molecule has 2 aromatic carbocycles. The summed E-state index contributed by atoms with van der Waals surface area (Å²) in [6.45, 7) is 2.29. The first-order valence-electron chi connectivity index (χ1n) is 11.4. The van der Waals surface area contributed by atoms with Crippen LogP contribution in [0.3, 0.4) is 0 Å². The minimum absolute atomic E-state index is 0.0289. The number of amides is 1. The highest BCUT2D eigenvalue weighted by Gasteiger charge is 2.21. The largest absolute Gasteiger partial charge is 0.342 e. The van der Waals surface area contributed by atoms with Crippen molar-refractivity contribution in [1.82, 2.24) is 14.9 Å². The number of halogens is 1. The molecule has 2 N–H and O–H groups in total. The number of piperidine rings is 1. The summed E-state index contributed by atoms with van der Waals surface area (Å²) in [5.74, 6) is 0.392. The fourth-order valence-corrected chi connectivity index (χ4v) is 4.70. The topological polar surface area (TPSA) is 82.7 Å². The fraction of sp³-hybridized carbons (Fsp3) is 0.222. The van der Waals surface area contributed by atoms with Crippen LogP contribution in [-0.2, 0) is 11.3 Å². The van der Waals surface area contributed by atoms with E-state index in [1.165, 1.54) is 0 Å². The van der Waals surface area contributed by atoms with Gasteiger partial charge in [0.05, 0.1) is 22.0 Å². The second kappa shape index (κ2) is 9.68. The monoisotopic (exact) mass is 469 g/mol. The molecule has 0 unspecified atom stereocenters. The lowest BCUT2D eigenvalue weighted by Crippen LogP contribution is -2.37. The molecule has 0 aliphatic carbocycles. The Morgan fingerprint density at radius 3 is 2.85 bits per heavy atom. The Morgan fingerprint density at radius 1 is 1.24 bits per heavy atom. The minimum atomic E-state index is -0.0586. The van der Waals surface area contributed by atoms with E-state index >= 15 is 0 Å². The number of carbonyl (C=O) groups excluding carboxylic acids is 1. The van der Waals surface area contributed by atoms with Crippen molar-refractivity contribution in [2.75, 3.05) is 18.4 Å². The molecule has 1 amide bonds. The first-order valence-corrected chi connectivity index (χ1v) is 11.7. The second-order valence-corrected chi connectivity index (χ2v) is 8.99. The van der Waals surface area contributed by atoms with Crippen molar-refractivity contribution in [1.29, 1.82) is 5.26 Å². The van der Waals surface area contributed by atoms with Crippen LogP contribution in [0.5, 0.6) is 0 Å². The molecule has 5 rings (SSSR count). The number of carbonyl (C=O) groups is 1. The van der Waals surface area contributed by atoms with E-state index in [2.05, 4.69) is 38.4 Å². The maximum absolute atomic E-state index is 12.7. The highest BCUT2D eigenvalue weighted by atomic mass is 35.5. The zero-order valence-corrected chi connectivity index (χ0v) is 19.3. The van der Waals surface area contributed by atoms with E-state index in [4.69, 9.17) is 11.6 Å². The predicted molar refractivity (Wildman–Crippen MR) is 135 cm³/mol. The van der Waals surface area contributed by atoms with Crippen LogP contribution >= 0.6 is 11.6 Å². The lowest BCUT2D eigenvalue weighted by atomic mass is 9.99. The van der Waals surface area contributed by atoms with Gasteiger partial charge in [-0.25, -0.2) is 4.98 Å². The number of rotatable bonds is 5. The summed E-state index contributed by atoms with van der Waals surface area (Å²) < 4.78 is 2.08. The molecular formula is C27H24ClN5O. The molecule has 0 spiro atoms. The minimum Gasteiger partial charge on any atom is -0.342 e. The summed E-state index contributed by atoms with van der Waals surface area (Å²) in [7, 11) is 0. The van der Waals surface area contributed by atoms with Crippen LogP contribution in [0.25, 0.3) is 22.0 Å². The van der Waals surface area contributed by atoms with Crippen molar-refractivity contribution in [3.8, 4) is 17.2 Å². The van der Waals surface area contributed by atoms with Gasteiger partial charge in [0.15, 0.2) is 0 Å². The Balaban J connectivity index is 1.49. The summed E-state index contributed by atoms with van der Waals surface area (Å²) in [6.07, 6.45) is 5.32. The van der Waals surface area contributed by atoms with Gasteiger partial charge in [0.25, 0.3) is 0 Å². The number of anilines is 1. The van der Waals surface area contributed by atoms with Crippen molar-refractivity contribution in [2.45, 2.75) is 19.4 Å². The van der Waals surface area contributed by atoms with Crippen molar-refractivity contribution < 1.29 is 4.79 Å². The van der Waals surface area contributed by atoms with E-state index in [9.17, 15) is 10.1 Å². The van der Waals surface area contributed by atoms with Gasteiger partial charge in [0.2, 0.25) is 5.91 Å². The number of aromatic nitrogens is 2. The van der Waals surface area contributed by atoms with Gasteiger partial charge in [0.1, 0.15) is 11.9 Å². The Morgan fingerprint density at radius 2 is 2.09 bits per heavy atom. The first-order chi connectivity index (χ1) is 16.6. The first kappa shape index (κ1) is 22.1. The van der Waals surface area contributed by atoms with Gasteiger partial charge in [-0.1, -0.05) is 54.1 Å². The third-order valence-electron chi connectivity index (χ3n) is 6.28. The Hall–Kier alpha value is -3.66. The number of benzene rings is 2. The fourth-order valence-electron chi connectivity index (χ4n) is 4.49. The van der Waals surface area contributed by atoms with Crippen LogP contribution in [-0.4, -0.2) is 28.5 Å². The zero-order valence-electron chi connectivity index (χ0n) is 18.6. The molecule has 1 aliphatic rings. The van der Waals surface area contributed by atoms with E-state index in [0.717, 1.165) is 47.0 Å². The molecule has 6 nitrogen and oxygen atoms in total. The zero-order chi connectivity index (χ0) is 23.5. The molecule has 0 saturated carbocycles. The standard InChI is InChI=1S/C27H24ClN5O/c28-24-15-31-26(32-27(34)20-7-4-10-30-14-20)12-23(24)19-8-9-22-21(13-29)17-33(25(22)11-19)16-18-5-2-1-3-6-18/h1-3,5-6,8-9,11-12,15,17,20,30H,4,7,10,14,16H2,(H,31,32,34)/t20-/m1/s1. The van der Waals surface area contributed by atoms with Crippen LogP contribution in [0.15, 0.2) is 67.0 Å². The molecule has 2 aromatic heterocycles. The van der Waals surface area contributed by atoms with Crippen molar-refractivity contribution in [3.63, 3.8) is 0 Å². The number of nitriles is 1. The number of nitrogens with one attached hydrogen (secondary N) is 2. The van der Waals surface area contributed by atoms with Crippen LogP contribution < -0.4 is 10.6 Å². The van der Waals surface area contributed by atoms with E-state index in [1.54, 1.807) is 6.20 Å². The number of hydrogen-bond acceptors (Lipinski definition) is 4. The van der Waals surface area contributed by atoms with Crippen molar-refractivity contribution >= 4 is 34.2 Å². The quantitative estimate of drug-likeness (QED) is 0.420. The number of hydrogen-bond donors (Lipinski definition) is 2. The number of nitrogens with zero attached hydrogens (tertiary/aromatic N) is 3. The van der Waals surface area contributed by atoms with Gasteiger partial charge in [-0.05, 0) is 42.6 Å². The molecule has 1 fully saturated rings. The Kier molecular flexibility index (Phi) is 6.31. The molecule has 3 heterocycles. The SMILES string of the molecule is N#Cc1cn(Cc2ccccc2)c2cc(-c3cc(NC(=O)[C@@H]4CCCNC4)ncc3Cl)ccc12. The van der Waals surface area contributed by atoms with Crippen LogP contribution in [0.1, 0.15) is 24.0 Å². The van der Waals surface area contributed by atoms with Crippen LogP contribution in [0.2, 0.25) is 5.02 Å². The summed E-state index contributed by atoms with van der Waals surface area (Å²) in [6, 6.07) is 20.2. The average Bonchev–Trinajstić information content (AvgIpc) is 3.23. The molecule has 170 valence electrons. The summed E-state index contributed by atoms with van der Waals surface area (Å²) in [5.41, 5.74) is 4.41. The molecule has 1 aliphatic heterocycles. The van der Waals surface area contributed by atoms with E-state index in [1.807, 2.05) is 48.7 Å². The molecule has 34 heavy (non-hydrogen) atoms. The molecule has 1 saturated heterocycles. The molecule has 0 radical (unpaired) electrons. The number of fused-ring (bicyclic) bond motifs is 1. The van der Waals surface area contributed by atoms with E-state index < -0.39 is 0 Å². The van der Waals surface area contributed by atoms with Gasteiger partial charge in [-0.3, -0.25) is 4.79 Å². The highest BCUT2D eigenvalue weighted by molar-refractivity contribution is 6.33. The molecular weight excluding hydrogens is 446 g/mol. The smallest absolute Gasteiger partial charge is 0.229 e. The Bertz CT molecular complexity index is 1380. The third-order valence-corrected chi connectivity index (χ3v) is 6.58. The van der Waals surface area contributed by atoms with Crippen LogP contribution in [0, 0.1) is 17.2 Å². The molecule has 4 aromatic rings. The lowest BCUT2D eigenvalue weighted by molar-refractivity contribution is -0.120. The number of pyridine rings is 1. The van der Waals surface area contributed by atoms with Crippen LogP contribution in [0.4, 0.5) is 5.82 Å². The van der Waals surface area contributed by atoms with Gasteiger partial charge < -0.3 is 15.2 Å². The van der Waals surface area contributed by atoms with E-state index in [0.29, 0.717) is 29.5 Å². The summed E-state index contributed by atoms with van der Waals surface area (Å²) >= 11 is 6.52. The lowest BCUT2D eigenvalue weighted by Gasteiger charge is -2.21.